The van der Waals surface area contributed by atoms with Crippen LogP contribution in [0.5, 0.6) is 17.2 Å². The van der Waals surface area contributed by atoms with Gasteiger partial charge < -0.3 is 33.9 Å². The molecule has 3 fully saturated rings. The number of hydrogen-bond donors (Lipinski definition) is 1. The van der Waals surface area contributed by atoms with E-state index in [0.717, 1.165) is 19.4 Å². The van der Waals surface area contributed by atoms with Crippen LogP contribution in [-0.2, 0) is 19.1 Å². The van der Waals surface area contributed by atoms with Gasteiger partial charge in [-0.25, -0.2) is 0 Å². The summed E-state index contributed by atoms with van der Waals surface area (Å²) in [6.07, 6.45) is 5.46. The van der Waals surface area contributed by atoms with Crippen LogP contribution < -0.4 is 19.5 Å². The fourth-order valence-corrected chi connectivity index (χ4v) is 5.45. The highest BCUT2D eigenvalue weighted by Crippen LogP contribution is 2.52. The summed E-state index contributed by atoms with van der Waals surface area (Å²) in [4.78, 5) is 28.5. The Morgan fingerprint density at radius 3 is 2.59 bits per heavy atom. The third kappa shape index (κ3) is 3.22. The van der Waals surface area contributed by atoms with Crippen LogP contribution in [0.1, 0.15) is 12.8 Å². The van der Waals surface area contributed by atoms with Crippen molar-refractivity contribution in [3.63, 3.8) is 0 Å². The molecule has 172 valence electrons. The van der Waals surface area contributed by atoms with Gasteiger partial charge in [0, 0.05) is 31.0 Å². The molecule has 9 nitrogen and oxygen atoms in total. The van der Waals surface area contributed by atoms with E-state index in [1.807, 2.05) is 12.2 Å². The molecule has 1 aromatic carbocycles. The second-order valence-corrected chi connectivity index (χ2v) is 8.66. The quantitative estimate of drug-likeness (QED) is 0.639. The minimum Gasteiger partial charge on any atom is -0.493 e. The third-order valence-corrected chi connectivity index (χ3v) is 6.86. The summed E-state index contributed by atoms with van der Waals surface area (Å²) in [5.74, 6) is -0.161. The minimum atomic E-state index is -0.738. The molecule has 0 aromatic heterocycles. The summed E-state index contributed by atoms with van der Waals surface area (Å²) < 4.78 is 28.0. The first-order chi connectivity index (χ1) is 15.5. The topological polar surface area (TPSA) is 95.6 Å². The number of anilines is 1. The summed E-state index contributed by atoms with van der Waals surface area (Å²) in [5, 5.41) is 2.92. The molecule has 1 spiro atoms. The van der Waals surface area contributed by atoms with E-state index >= 15 is 0 Å². The lowest BCUT2D eigenvalue weighted by Gasteiger charge is -2.24. The third-order valence-electron chi connectivity index (χ3n) is 6.86. The van der Waals surface area contributed by atoms with Gasteiger partial charge in [0.2, 0.25) is 17.6 Å². The molecule has 4 heterocycles. The molecule has 2 amide bonds. The molecule has 0 saturated carbocycles. The molecule has 5 rings (SSSR count). The summed E-state index contributed by atoms with van der Waals surface area (Å²) in [7, 11) is 4.55. The molecule has 3 saturated heterocycles. The summed E-state index contributed by atoms with van der Waals surface area (Å²) in [5.41, 5.74) is -0.246. The normalized spacial score (nSPS) is 32.3. The molecule has 4 aliphatic rings. The average Bonchev–Trinajstić information content (AvgIpc) is 3.56. The van der Waals surface area contributed by atoms with Gasteiger partial charge in [0.25, 0.3) is 0 Å². The summed E-state index contributed by atoms with van der Waals surface area (Å²) in [6, 6.07) is 3.33. The monoisotopic (exact) mass is 444 g/mol. The zero-order valence-electron chi connectivity index (χ0n) is 18.5. The number of likely N-dealkylation sites (tertiary alicyclic amines) is 1. The molecular formula is C23H28N2O7. The number of hydrogen-bond acceptors (Lipinski definition) is 7. The van der Waals surface area contributed by atoms with E-state index in [-0.39, 0.29) is 17.9 Å². The summed E-state index contributed by atoms with van der Waals surface area (Å²) >= 11 is 0. The first-order valence-corrected chi connectivity index (χ1v) is 10.9. The molecule has 9 heteroatoms. The van der Waals surface area contributed by atoms with Crippen molar-refractivity contribution in [2.45, 2.75) is 30.7 Å². The lowest BCUT2D eigenvalue weighted by molar-refractivity contribution is -0.136. The van der Waals surface area contributed by atoms with Gasteiger partial charge in [-0.05, 0) is 12.8 Å². The van der Waals surface area contributed by atoms with Crippen LogP contribution in [0.15, 0.2) is 24.3 Å². The van der Waals surface area contributed by atoms with Crippen molar-refractivity contribution in [1.29, 1.82) is 0 Å². The maximum absolute atomic E-state index is 13.4. The second kappa shape index (κ2) is 7.97. The van der Waals surface area contributed by atoms with Gasteiger partial charge >= 0.3 is 0 Å². The predicted molar refractivity (Wildman–Crippen MR) is 114 cm³/mol. The molecule has 5 atom stereocenters. The zero-order valence-corrected chi connectivity index (χ0v) is 18.5. The Hall–Kier alpha value is -2.78. The average molecular weight is 444 g/mol. The Morgan fingerprint density at radius 1 is 1.22 bits per heavy atom. The van der Waals surface area contributed by atoms with Crippen LogP contribution in [0, 0.1) is 11.8 Å². The van der Waals surface area contributed by atoms with E-state index in [9.17, 15) is 9.59 Å². The van der Waals surface area contributed by atoms with Crippen molar-refractivity contribution in [1.82, 2.24) is 4.90 Å². The number of nitrogens with one attached hydrogen (secondary N) is 1. The van der Waals surface area contributed by atoms with Crippen molar-refractivity contribution < 1.29 is 33.3 Å². The van der Waals surface area contributed by atoms with Gasteiger partial charge in [0.1, 0.15) is 5.60 Å². The molecule has 1 N–H and O–H groups in total. The molecular weight excluding hydrogens is 416 g/mol. The number of rotatable bonds is 7. The lowest BCUT2D eigenvalue weighted by Crippen LogP contribution is -2.42. The van der Waals surface area contributed by atoms with E-state index in [0.29, 0.717) is 36.0 Å². The van der Waals surface area contributed by atoms with E-state index in [1.165, 1.54) is 21.3 Å². The standard InChI is InChI=1S/C23H28N2O7/c1-28-16-9-13(10-17(29-2)20(16)30-3)24-21(26)18-15-6-7-23(32-15)12-25(22(27)19(18)23)11-14-5-4-8-31-14/h6-7,9-10,14-15,18-19H,4-5,8,11-12H2,1-3H3,(H,24,26)/t14-,15+,18+,19-,23-/m0/s1. The lowest BCUT2D eigenvalue weighted by atomic mass is 9.77. The van der Waals surface area contributed by atoms with Gasteiger partial charge in [0.15, 0.2) is 11.5 Å². The largest absolute Gasteiger partial charge is 0.493 e. The fourth-order valence-electron chi connectivity index (χ4n) is 5.45. The smallest absolute Gasteiger partial charge is 0.231 e. The van der Waals surface area contributed by atoms with Gasteiger partial charge in [0.05, 0.1) is 51.9 Å². The van der Waals surface area contributed by atoms with E-state index in [4.69, 9.17) is 23.7 Å². The Balaban J connectivity index is 1.37. The second-order valence-electron chi connectivity index (χ2n) is 8.66. The number of carbonyl (C=O) groups excluding carboxylic acids is 2. The van der Waals surface area contributed by atoms with Gasteiger partial charge in [-0.2, -0.15) is 0 Å². The van der Waals surface area contributed by atoms with E-state index in [2.05, 4.69) is 5.32 Å². The van der Waals surface area contributed by atoms with Crippen LogP contribution >= 0.6 is 0 Å². The highest BCUT2D eigenvalue weighted by atomic mass is 16.5. The van der Waals surface area contributed by atoms with Crippen LogP contribution in [0.3, 0.4) is 0 Å². The number of ether oxygens (including phenoxy) is 5. The van der Waals surface area contributed by atoms with Gasteiger partial charge in [-0.15, -0.1) is 0 Å². The van der Waals surface area contributed by atoms with Crippen LogP contribution in [0.25, 0.3) is 0 Å². The van der Waals surface area contributed by atoms with E-state index < -0.39 is 23.5 Å². The zero-order chi connectivity index (χ0) is 22.5. The molecule has 32 heavy (non-hydrogen) atoms. The SMILES string of the molecule is COc1cc(NC(=O)[C@H]2[C@H]3C(=O)N(C[C@@H]4CCCO4)C[C@@]34C=C[C@H]2O4)cc(OC)c1OC. The first kappa shape index (κ1) is 21.1. The summed E-state index contributed by atoms with van der Waals surface area (Å²) in [6.45, 7) is 1.73. The first-order valence-electron chi connectivity index (χ1n) is 10.9. The van der Waals surface area contributed by atoms with Crippen LogP contribution in [0.2, 0.25) is 0 Å². The van der Waals surface area contributed by atoms with Crippen molar-refractivity contribution in [2.24, 2.45) is 11.8 Å². The number of amides is 2. The number of benzene rings is 1. The molecule has 0 aliphatic carbocycles. The minimum absolute atomic E-state index is 0.0441. The molecule has 1 aromatic rings. The Labute approximate surface area is 186 Å². The Bertz CT molecular complexity index is 933. The number of methoxy groups -OCH3 is 3. The Morgan fingerprint density at radius 2 is 1.97 bits per heavy atom. The Kier molecular flexibility index (Phi) is 5.25. The predicted octanol–water partition coefficient (Wildman–Crippen LogP) is 1.61. The molecule has 0 radical (unpaired) electrons. The van der Waals surface area contributed by atoms with E-state index in [1.54, 1.807) is 17.0 Å². The fraction of sp³-hybridized carbons (Fsp3) is 0.565. The van der Waals surface area contributed by atoms with Gasteiger partial charge in [-0.3, -0.25) is 9.59 Å². The number of carbonyl (C=O) groups is 2. The molecule has 2 bridgehead atoms. The highest BCUT2D eigenvalue weighted by molar-refractivity contribution is 5.99. The van der Waals surface area contributed by atoms with Crippen LogP contribution in [-0.4, -0.2) is 75.5 Å². The maximum atomic E-state index is 13.4. The van der Waals surface area contributed by atoms with Crippen molar-refractivity contribution in [2.75, 3.05) is 46.3 Å². The van der Waals surface area contributed by atoms with Gasteiger partial charge in [-0.1, -0.05) is 12.2 Å². The van der Waals surface area contributed by atoms with Crippen LogP contribution in [0.4, 0.5) is 5.69 Å². The number of fused-ring (bicyclic) bond motifs is 1. The van der Waals surface area contributed by atoms with Crippen molar-refractivity contribution >= 4 is 17.5 Å². The van der Waals surface area contributed by atoms with Crippen molar-refractivity contribution in [3.8, 4) is 17.2 Å². The number of nitrogens with zero attached hydrogens (tertiary/aromatic N) is 1. The molecule has 4 aliphatic heterocycles. The van der Waals surface area contributed by atoms with Crippen molar-refractivity contribution in [3.05, 3.63) is 24.3 Å². The molecule has 0 unspecified atom stereocenters. The maximum Gasteiger partial charge on any atom is 0.231 e. The highest BCUT2D eigenvalue weighted by Gasteiger charge is 2.66.